The molecule has 0 aliphatic carbocycles. The molecular weight excluding hydrogens is 804 g/mol. The molecule has 2 amide bonds. The Labute approximate surface area is 356 Å². The van der Waals surface area contributed by atoms with Crippen LogP contribution in [0.1, 0.15) is 34.3 Å². The van der Waals surface area contributed by atoms with Crippen molar-refractivity contribution >= 4 is 56.6 Å². The minimum Gasteiger partial charge on any atom is -0.381 e. The molecule has 0 saturated carbocycles. The smallest absolute Gasteiger partial charge is 0.264 e. The van der Waals surface area contributed by atoms with Crippen molar-refractivity contribution in [3.05, 3.63) is 143 Å². The molecule has 310 valence electrons. The van der Waals surface area contributed by atoms with Gasteiger partial charge < -0.3 is 15.1 Å². The number of hydrogen-bond acceptors (Lipinski definition) is 10. The van der Waals surface area contributed by atoms with Crippen LogP contribution in [0.3, 0.4) is 0 Å². The zero-order valence-corrected chi connectivity index (χ0v) is 35.7. The van der Waals surface area contributed by atoms with E-state index in [0.717, 1.165) is 77.3 Å². The van der Waals surface area contributed by atoms with Gasteiger partial charge in [-0.3, -0.25) is 19.7 Å². The molecule has 0 spiro atoms. The largest absolute Gasteiger partial charge is 0.381 e. The molecular formula is C45H51ClN6O5S2. The predicted molar refractivity (Wildman–Crippen MR) is 238 cm³/mol. The fraction of sp³-hybridized carbons (Fsp3) is 0.289. The molecule has 0 unspecified atom stereocenters. The Morgan fingerprint density at radius 2 is 1.56 bits per heavy atom. The van der Waals surface area contributed by atoms with E-state index in [0.29, 0.717) is 13.1 Å². The normalized spacial score (nSPS) is 13.9. The van der Waals surface area contributed by atoms with E-state index >= 15 is 0 Å². The zero-order valence-electron chi connectivity index (χ0n) is 33.3. The topological polar surface area (TPSA) is 134 Å². The second-order valence-corrected chi connectivity index (χ2v) is 17.9. The lowest BCUT2D eigenvalue weighted by molar-refractivity contribution is -0.129. The Bertz CT molecular complexity index is 2270. The molecule has 1 aliphatic rings. The molecule has 0 bridgehead atoms. The summed E-state index contributed by atoms with van der Waals surface area (Å²) in [7, 11) is -2.23. The van der Waals surface area contributed by atoms with E-state index in [2.05, 4.69) is 68.4 Å². The summed E-state index contributed by atoms with van der Waals surface area (Å²) >= 11 is 7.85. The summed E-state index contributed by atoms with van der Waals surface area (Å²) in [6.07, 6.45) is 0.936. The van der Waals surface area contributed by atoms with Gasteiger partial charge in [0.25, 0.3) is 15.9 Å². The van der Waals surface area contributed by atoms with Crippen molar-refractivity contribution in [3.63, 3.8) is 0 Å². The van der Waals surface area contributed by atoms with Crippen molar-refractivity contribution in [2.45, 2.75) is 42.1 Å². The van der Waals surface area contributed by atoms with Gasteiger partial charge in [-0.15, -0.1) is 11.8 Å². The number of anilines is 2. The fourth-order valence-electron chi connectivity index (χ4n) is 6.97. The second kappa shape index (κ2) is 20.9. The van der Waals surface area contributed by atoms with Crippen LogP contribution in [0.5, 0.6) is 0 Å². The van der Waals surface area contributed by atoms with Gasteiger partial charge in [0.2, 0.25) is 5.91 Å². The van der Waals surface area contributed by atoms with Gasteiger partial charge in [0.15, 0.2) is 0 Å². The van der Waals surface area contributed by atoms with Gasteiger partial charge in [0.1, 0.15) is 0 Å². The lowest BCUT2D eigenvalue weighted by atomic mass is 9.99. The third kappa shape index (κ3) is 12.6. The minimum atomic E-state index is -4.15. The Morgan fingerprint density at radius 3 is 2.25 bits per heavy atom. The number of carbonyl (C=O) groups is 2. The van der Waals surface area contributed by atoms with Crippen molar-refractivity contribution in [2.24, 2.45) is 0 Å². The van der Waals surface area contributed by atoms with E-state index in [-0.39, 0.29) is 22.9 Å². The van der Waals surface area contributed by atoms with E-state index < -0.39 is 21.8 Å². The molecule has 6 rings (SSSR count). The number of hydrogen-bond donors (Lipinski definition) is 4. The van der Waals surface area contributed by atoms with Gasteiger partial charge in [0.05, 0.1) is 4.90 Å². The monoisotopic (exact) mass is 854 g/mol. The molecule has 1 atom stereocenters. The first-order valence-electron chi connectivity index (χ1n) is 19.6. The molecule has 11 nitrogen and oxygen atoms in total. The van der Waals surface area contributed by atoms with Crippen LogP contribution >= 0.6 is 23.4 Å². The average Bonchev–Trinajstić information content (AvgIpc) is 3.25. The molecule has 0 aromatic heterocycles. The predicted octanol–water partition coefficient (Wildman–Crippen LogP) is 7.55. The summed E-state index contributed by atoms with van der Waals surface area (Å²) in [6, 6.07) is 38.4. The van der Waals surface area contributed by atoms with Crippen LogP contribution < -0.4 is 20.4 Å². The number of rotatable bonds is 18. The number of hydroxylamine groups is 1. The maximum absolute atomic E-state index is 13.4. The van der Waals surface area contributed by atoms with Crippen LogP contribution in [0.4, 0.5) is 11.4 Å². The fourth-order valence-corrected chi connectivity index (χ4v) is 9.15. The van der Waals surface area contributed by atoms with Gasteiger partial charge in [-0.25, -0.2) is 18.6 Å². The quantitative estimate of drug-likeness (QED) is 0.0398. The Balaban J connectivity index is 1.02. The SMILES string of the molecule is Cc1cc(S(=O)(=O)NC(=O)c2ccc(N3CCN(Cc4ccccc4-c4ccc(Cl)cc4)CC3)cc2)ccc1N[C@H](CCN(C)CCC(=O)NO)CSc1ccccc1. The number of amides is 2. The van der Waals surface area contributed by atoms with Crippen molar-refractivity contribution < 1.29 is 23.2 Å². The summed E-state index contributed by atoms with van der Waals surface area (Å²) < 4.78 is 29.1. The number of benzene rings is 5. The molecule has 1 saturated heterocycles. The second-order valence-electron chi connectivity index (χ2n) is 14.7. The van der Waals surface area contributed by atoms with E-state index in [1.165, 1.54) is 17.2 Å². The molecule has 1 heterocycles. The highest BCUT2D eigenvalue weighted by atomic mass is 35.5. The summed E-state index contributed by atoms with van der Waals surface area (Å²) in [5, 5.41) is 13.1. The maximum atomic E-state index is 13.4. The highest BCUT2D eigenvalue weighted by Gasteiger charge is 2.22. The van der Waals surface area contributed by atoms with E-state index in [4.69, 9.17) is 16.8 Å². The lowest BCUT2D eigenvalue weighted by Gasteiger charge is -2.36. The zero-order chi connectivity index (χ0) is 41.8. The number of carbonyl (C=O) groups excluding carboxylic acids is 2. The van der Waals surface area contributed by atoms with Crippen LogP contribution in [0.2, 0.25) is 5.02 Å². The van der Waals surface area contributed by atoms with E-state index in [1.54, 1.807) is 41.5 Å². The van der Waals surface area contributed by atoms with Gasteiger partial charge in [-0.2, -0.15) is 0 Å². The number of halogens is 1. The van der Waals surface area contributed by atoms with Crippen LogP contribution in [0.15, 0.2) is 131 Å². The molecule has 1 fully saturated rings. The Morgan fingerprint density at radius 1 is 0.864 bits per heavy atom. The number of aryl methyl sites for hydroxylation is 1. The van der Waals surface area contributed by atoms with Gasteiger partial charge in [0, 0.05) is 84.3 Å². The standard InChI is InChI=1S/C45H51ClN6O5S2/c1-33-30-41(20-21-43(33)47-38(32-58-40-9-4-3-5-10-40)22-24-50(2)25-23-44(53)48-55)59(56,57)49-45(54)35-14-18-39(19-15-35)52-28-26-51(27-29-52)31-36-8-6-7-11-42(36)34-12-16-37(46)17-13-34/h3-21,30,38,47,55H,22-29,31-32H2,1-2H3,(H,48,53)(H,49,54)/t38-/m1/s1. The number of nitrogens with zero attached hydrogens (tertiary/aromatic N) is 3. The third-order valence-corrected chi connectivity index (χ3v) is 13.2. The maximum Gasteiger partial charge on any atom is 0.264 e. The van der Waals surface area contributed by atoms with Crippen LogP contribution in [0.25, 0.3) is 11.1 Å². The first-order valence-corrected chi connectivity index (χ1v) is 22.5. The first kappa shape index (κ1) is 43.7. The number of sulfonamides is 1. The molecule has 5 aromatic carbocycles. The van der Waals surface area contributed by atoms with Crippen molar-refractivity contribution in [3.8, 4) is 11.1 Å². The van der Waals surface area contributed by atoms with Crippen molar-refractivity contribution in [1.29, 1.82) is 0 Å². The van der Waals surface area contributed by atoms with E-state index in [1.807, 2.05) is 61.3 Å². The average molecular weight is 856 g/mol. The summed E-state index contributed by atoms with van der Waals surface area (Å²) in [4.78, 5) is 32.6. The lowest BCUT2D eigenvalue weighted by Crippen LogP contribution is -2.46. The Hall–Kier alpha value is -4.89. The van der Waals surface area contributed by atoms with Gasteiger partial charge in [-0.1, -0.05) is 66.2 Å². The molecule has 1 aliphatic heterocycles. The van der Waals surface area contributed by atoms with Gasteiger partial charge >= 0.3 is 0 Å². The van der Waals surface area contributed by atoms with Gasteiger partial charge in [-0.05, 0) is 116 Å². The van der Waals surface area contributed by atoms with Crippen LogP contribution in [-0.2, 0) is 21.4 Å². The summed E-state index contributed by atoms with van der Waals surface area (Å²) in [5.74, 6) is -0.379. The highest BCUT2D eigenvalue weighted by molar-refractivity contribution is 7.99. The Kier molecular flexibility index (Phi) is 15.5. The number of piperazine rings is 1. The molecule has 0 radical (unpaired) electrons. The number of thioether (sulfide) groups is 1. The molecule has 59 heavy (non-hydrogen) atoms. The van der Waals surface area contributed by atoms with Crippen molar-refractivity contribution in [1.82, 2.24) is 20.0 Å². The molecule has 5 aromatic rings. The van der Waals surface area contributed by atoms with E-state index in [9.17, 15) is 18.0 Å². The first-order chi connectivity index (χ1) is 28.5. The van der Waals surface area contributed by atoms with Crippen LogP contribution in [-0.4, -0.2) is 93.4 Å². The van der Waals surface area contributed by atoms with Crippen LogP contribution in [0, 0.1) is 6.92 Å². The minimum absolute atomic E-state index is 0.00344. The molecule has 4 N–H and O–H groups in total. The summed E-state index contributed by atoms with van der Waals surface area (Å²) in [5.41, 5.74) is 8.01. The third-order valence-electron chi connectivity index (χ3n) is 10.4. The summed E-state index contributed by atoms with van der Waals surface area (Å²) in [6.45, 7) is 7.26. The van der Waals surface area contributed by atoms with Crippen molar-refractivity contribution in [2.75, 3.05) is 62.3 Å². The molecule has 14 heteroatoms. The number of nitrogens with one attached hydrogen (secondary N) is 3. The highest BCUT2D eigenvalue weighted by Crippen LogP contribution is 2.28.